The Hall–Kier alpha value is -2.99. The maximum Gasteiger partial charge on any atom is 0.217 e. The fourth-order valence-corrected chi connectivity index (χ4v) is 4.49. The van der Waals surface area contributed by atoms with Crippen LogP contribution in [0.5, 0.6) is 17.2 Å². The van der Waals surface area contributed by atoms with Crippen LogP contribution in [0.15, 0.2) is 76.3 Å². The third-order valence-electron chi connectivity index (χ3n) is 5.56. The summed E-state index contributed by atoms with van der Waals surface area (Å²) in [6, 6.07) is 22.3. The molecule has 5 rings (SSSR count). The number of nitrogens with zero attached hydrogens (tertiary/aromatic N) is 2. The molecule has 0 bridgehead atoms. The number of hydrogen-bond donors (Lipinski definition) is 0. The minimum atomic E-state index is -0.388. The van der Waals surface area contributed by atoms with E-state index < -0.39 is 0 Å². The van der Waals surface area contributed by atoms with Crippen LogP contribution in [0.3, 0.4) is 0 Å². The first-order valence-corrected chi connectivity index (χ1v) is 10.6. The van der Waals surface area contributed by atoms with Crippen molar-refractivity contribution in [2.75, 3.05) is 14.2 Å². The first kappa shape index (κ1) is 19.0. The minimum Gasteiger partial charge on any atom is -0.497 e. The molecule has 3 aromatic carbocycles. The van der Waals surface area contributed by atoms with E-state index in [0.29, 0.717) is 0 Å². The Balaban J connectivity index is 1.62. The molecule has 0 radical (unpaired) electrons. The third kappa shape index (κ3) is 3.21. The Morgan fingerprint density at radius 1 is 0.967 bits per heavy atom. The molecule has 0 spiro atoms. The van der Waals surface area contributed by atoms with Gasteiger partial charge in [-0.2, -0.15) is 5.10 Å². The van der Waals surface area contributed by atoms with Gasteiger partial charge >= 0.3 is 0 Å². The van der Waals surface area contributed by atoms with E-state index in [0.717, 1.165) is 50.5 Å². The van der Waals surface area contributed by atoms with Crippen molar-refractivity contribution in [3.63, 3.8) is 0 Å². The van der Waals surface area contributed by atoms with E-state index >= 15 is 0 Å². The molecule has 0 saturated heterocycles. The van der Waals surface area contributed by atoms with Crippen LogP contribution in [0.1, 0.15) is 35.4 Å². The smallest absolute Gasteiger partial charge is 0.217 e. The predicted molar refractivity (Wildman–Crippen MR) is 119 cm³/mol. The monoisotopic (exact) mass is 464 g/mol. The summed E-state index contributed by atoms with van der Waals surface area (Å²) < 4.78 is 18.5. The highest BCUT2D eigenvalue weighted by Crippen LogP contribution is 2.49. The molecular weight excluding hydrogens is 444 g/mol. The lowest BCUT2D eigenvalue weighted by molar-refractivity contribution is -0.0203. The highest BCUT2D eigenvalue weighted by molar-refractivity contribution is 9.10. The molecule has 0 saturated carbocycles. The lowest BCUT2D eigenvalue weighted by Gasteiger charge is -2.38. The summed E-state index contributed by atoms with van der Waals surface area (Å²) in [4.78, 5) is 0. The van der Waals surface area contributed by atoms with E-state index in [1.807, 2.05) is 54.6 Å². The van der Waals surface area contributed by atoms with Crippen LogP contribution in [0.25, 0.3) is 0 Å². The second-order valence-corrected chi connectivity index (χ2v) is 8.19. The number of hydrogen-bond acceptors (Lipinski definition) is 5. The van der Waals surface area contributed by atoms with Gasteiger partial charge in [0.2, 0.25) is 6.23 Å². The van der Waals surface area contributed by atoms with Gasteiger partial charge in [-0.3, -0.25) is 0 Å². The van der Waals surface area contributed by atoms with Gasteiger partial charge in [0, 0.05) is 22.0 Å². The molecule has 6 heteroatoms. The first-order valence-electron chi connectivity index (χ1n) is 9.77. The van der Waals surface area contributed by atoms with Crippen molar-refractivity contribution in [2.24, 2.45) is 5.10 Å². The highest BCUT2D eigenvalue weighted by Gasteiger charge is 2.41. The molecule has 152 valence electrons. The molecule has 0 aromatic heterocycles. The standard InChI is InChI=1S/C24H21BrN2O3/c1-28-17-7-5-6-15(12-17)20-14-21-18-8-3-4-9-23(18)30-24(27(21)26-20)19-13-16(25)10-11-22(19)29-2/h3-13,21,24H,14H2,1-2H3/t21-,24+/m1/s1. The van der Waals surface area contributed by atoms with Gasteiger partial charge in [0.25, 0.3) is 0 Å². The molecule has 0 unspecified atom stereocenters. The molecule has 5 nitrogen and oxygen atoms in total. The molecule has 3 aromatic rings. The third-order valence-corrected chi connectivity index (χ3v) is 6.05. The fourth-order valence-electron chi connectivity index (χ4n) is 4.11. The molecule has 0 N–H and O–H groups in total. The summed E-state index contributed by atoms with van der Waals surface area (Å²) in [5.41, 5.74) is 4.14. The fraction of sp³-hybridized carbons (Fsp3) is 0.208. The zero-order chi connectivity index (χ0) is 20.7. The van der Waals surface area contributed by atoms with Crippen LogP contribution in [0.4, 0.5) is 0 Å². The van der Waals surface area contributed by atoms with Crippen LogP contribution in [0.2, 0.25) is 0 Å². The second kappa shape index (κ2) is 7.69. The van der Waals surface area contributed by atoms with Crippen LogP contribution in [-0.2, 0) is 0 Å². The summed E-state index contributed by atoms with van der Waals surface area (Å²) in [6.45, 7) is 0. The second-order valence-electron chi connectivity index (χ2n) is 7.27. The van der Waals surface area contributed by atoms with Gasteiger partial charge in [0.1, 0.15) is 17.2 Å². The first-order chi connectivity index (χ1) is 14.7. The number of benzene rings is 3. The van der Waals surface area contributed by atoms with Gasteiger partial charge in [-0.1, -0.05) is 46.3 Å². The van der Waals surface area contributed by atoms with Gasteiger partial charge in [-0.15, -0.1) is 0 Å². The van der Waals surface area contributed by atoms with E-state index in [1.165, 1.54) is 0 Å². The highest BCUT2D eigenvalue weighted by atomic mass is 79.9. The predicted octanol–water partition coefficient (Wildman–Crippen LogP) is 5.71. The molecular formula is C24H21BrN2O3. The summed E-state index contributed by atoms with van der Waals surface area (Å²) in [5.74, 6) is 2.47. The molecule has 0 aliphatic carbocycles. The van der Waals surface area contributed by atoms with Crippen molar-refractivity contribution >= 4 is 21.6 Å². The SMILES string of the molecule is COc1cccc(C2=NN3[C@H](C2)c2ccccc2O[C@H]3c2cc(Br)ccc2OC)c1. The van der Waals surface area contributed by atoms with Gasteiger partial charge in [0.15, 0.2) is 0 Å². The lowest BCUT2D eigenvalue weighted by Crippen LogP contribution is -2.33. The van der Waals surface area contributed by atoms with Crippen LogP contribution < -0.4 is 14.2 Å². The number of ether oxygens (including phenoxy) is 3. The van der Waals surface area contributed by atoms with Crippen LogP contribution in [-0.4, -0.2) is 24.9 Å². The Labute approximate surface area is 184 Å². The van der Waals surface area contributed by atoms with Crippen molar-refractivity contribution < 1.29 is 14.2 Å². The van der Waals surface area contributed by atoms with Crippen LogP contribution in [0, 0.1) is 0 Å². The van der Waals surface area contributed by atoms with E-state index in [9.17, 15) is 0 Å². The van der Waals surface area contributed by atoms with Crippen LogP contribution >= 0.6 is 15.9 Å². The Bertz CT molecular complexity index is 1130. The number of fused-ring (bicyclic) bond motifs is 3. The Morgan fingerprint density at radius 3 is 2.67 bits per heavy atom. The summed E-state index contributed by atoms with van der Waals surface area (Å²) in [7, 11) is 3.36. The maximum absolute atomic E-state index is 6.45. The van der Waals surface area contributed by atoms with Crippen molar-refractivity contribution in [3.8, 4) is 17.2 Å². The molecule has 2 aliphatic heterocycles. The number of rotatable bonds is 4. The van der Waals surface area contributed by atoms with Crippen molar-refractivity contribution in [2.45, 2.75) is 18.7 Å². The summed E-state index contributed by atoms with van der Waals surface area (Å²) in [6.07, 6.45) is 0.404. The number of halogens is 1. The summed E-state index contributed by atoms with van der Waals surface area (Å²) in [5, 5.41) is 7.07. The van der Waals surface area contributed by atoms with E-state index in [2.05, 4.69) is 33.1 Å². The number of hydrazone groups is 1. The number of para-hydroxylation sites is 1. The van der Waals surface area contributed by atoms with Crippen molar-refractivity contribution in [1.82, 2.24) is 5.01 Å². The molecule has 2 aliphatic rings. The van der Waals surface area contributed by atoms with Gasteiger partial charge in [0.05, 0.1) is 31.5 Å². The Kier molecular flexibility index (Phi) is 4.87. The molecule has 0 amide bonds. The van der Waals surface area contributed by atoms with Gasteiger partial charge in [-0.05, 0) is 36.4 Å². The van der Waals surface area contributed by atoms with E-state index in [-0.39, 0.29) is 12.3 Å². The zero-order valence-corrected chi connectivity index (χ0v) is 18.3. The van der Waals surface area contributed by atoms with E-state index in [4.69, 9.17) is 19.3 Å². The molecule has 2 heterocycles. The molecule has 0 fully saturated rings. The van der Waals surface area contributed by atoms with Gasteiger partial charge in [-0.25, -0.2) is 5.01 Å². The van der Waals surface area contributed by atoms with Crippen molar-refractivity contribution in [1.29, 1.82) is 0 Å². The zero-order valence-electron chi connectivity index (χ0n) is 16.7. The van der Waals surface area contributed by atoms with Gasteiger partial charge < -0.3 is 14.2 Å². The minimum absolute atomic E-state index is 0.0878. The number of methoxy groups -OCH3 is 2. The average Bonchev–Trinajstić information content (AvgIpc) is 3.24. The molecule has 30 heavy (non-hydrogen) atoms. The topological polar surface area (TPSA) is 43.3 Å². The molecule has 2 atom stereocenters. The average molecular weight is 465 g/mol. The quantitative estimate of drug-likeness (QED) is 0.495. The maximum atomic E-state index is 6.45. The normalized spacial score (nSPS) is 19.4. The van der Waals surface area contributed by atoms with Crippen molar-refractivity contribution in [3.05, 3.63) is 87.9 Å². The Morgan fingerprint density at radius 2 is 1.83 bits per heavy atom. The lowest BCUT2D eigenvalue weighted by atomic mass is 9.96. The largest absolute Gasteiger partial charge is 0.497 e. The van der Waals surface area contributed by atoms with E-state index in [1.54, 1.807) is 14.2 Å². The summed E-state index contributed by atoms with van der Waals surface area (Å²) >= 11 is 3.58.